The van der Waals surface area contributed by atoms with Crippen LogP contribution in [-0.4, -0.2) is 37.6 Å². The smallest absolute Gasteiger partial charge is 0.0455 e. The predicted molar refractivity (Wildman–Crippen MR) is 85.3 cm³/mol. The minimum absolute atomic E-state index is 1.10. The van der Waals surface area contributed by atoms with Gasteiger partial charge in [0.1, 0.15) is 0 Å². The summed E-state index contributed by atoms with van der Waals surface area (Å²) in [4.78, 5) is 5.06. The molecule has 3 heteroatoms. The van der Waals surface area contributed by atoms with Crippen LogP contribution in [0.5, 0.6) is 0 Å². The lowest BCUT2D eigenvalue weighted by Crippen LogP contribution is -2.46. The topological polar surface area (TPSA) is 6.48 Å². The molecule has 3 rings (SSSR count). The van der Waals surface area contributed by atoms with Crippen LogP contribution in [0.15, 0.2) is 42.3 Å². The number of fused-ring (bicyclic) bond motifs is 1. The molecule has 0 amide bonds. The molecule has 0 bridgehead atoms. The molecule has 0 aliphatic carbocycles. The summed E-state index contributed by atoms with van der Waals surface area (Å²) >= 11 is 1.83. The first-order chi connectivity index (χ1) is 9.38. The average Bonchev–Trinajstić information content (AvgIpc) is 2.94. The number of nitrogens with zero attached hydrogens (tertiary/aromatic N) is 2. The zero-order valence-electron chi connectivity index (χ0n) is 11.2. The summed E-state index contributed by atoms with van der Waals surface area (Å²) in [6.45, 7) is 9.54. The summed E-state index contributed by atoms with van der Waals surface area (Å²) in [7, 11) is 0. The second-order valence-corrected chi connectivity index (χ2v) is 5.96. The highest BCUT2D eigenvalue weighted by molar-refractivity contribution is 7.17. The van der Waals surface area contributed by atoms with Gasteiger partial charge in [-0.15, -0.1) is 17.9 Å². The van der Waals surface area contributed by atoms with E-state index in [9.17, 15) is 0 Å². The lowest BCUT2D eigenvalue weighted by atomic mass is 10.2. The van der Waals surface area contributed by atoms with Gasteiger partial charge in [0, 0.05) is 48.5 Å². The van der Waals surface area contributed by atoms with E-state index in [1.165, 1.54) is 15.8 Å². The molecule has 1 saturated heterocycles. The van der Waals surface area contributed by atoms with Crippen LogP contribution in [0.1, 0.15) is 6.42 Å². The predicted octanol–water partition coefficient (Wildman–Crippen LogP) is 3.60. The Hall–Kier alpha value is -1.32. The first-order valence-electron chi connectivity index (χ1n) is 6.93. The highest BCUT2D eigenvalue weighted by atomic mass is 32.1. The summed E-state index contributed by atoms with van der Waals surface area (Å²) in [5, 5.41) is 3.60. The van der Waals surface area contributed by atoms with Gasteiger partial charge in [-0.25, -0.2) is 0 Å². The molecule has 1 aliphatic heterocycles. The third kappa shape index (κ3) is 2.67. The van der Waals surface area contributed by atoms with Gasteiger partial charge in [-0.05, 0) is 30.0 Å². The Kier molecular flexibility index (Phi) is 3.85. The minimum atomic E-state index is 1.10. The second kappa shape index (κ2) is 5.76. The average molecular weight is 272 g/mol. The van der Waals surface area contributed by atoms with Crippen molar-refractivity contribution < 1.29 is 0 Å². The van der Waals surface area contributed by atoms with Crippen LogP contribution in [0.2, 0.25) is 0 Å². The summed E-state index contributed by atoms with van der Waals surface area (Å²) < 4.78 is 1.39. The third-order valence-corrected chi connectivity index (χ3v) is 4.72. The number of rotatable bonds is 4. The molecule has 0 radical (unpaired) electrons. The fourth-order valence-corrected chi connectivity index (χ4v) is 3.55. The molecule has 0 atom stereocenters. The van der Waals surface area contributed by atoms with E-state index >= 15 is 0 Å². The van der Waals surface area contributed by atoms with E-state index in [0.29, 0.717) is 0 Å². The molecule has 1 fully saturated rings. The van der Waals surface area contributed by atoms with Gasteiger partial charge in [-0.3, -0.25) is 4.90 Å². The summed E-state index contributed by atoms with van der Waals surface area (Å²) in [6, 6.07) is 8.90. The fraction of sp³-hybridized carbons (Fsp3) is 0.375. The summed E-state index contributed by atoms with van der Waals surface area (Å²) in [5.41, 5.74) is 1.40. The number of benzene rings is 1. The molecule has 0 unspecified atom stereocenters. The number of anilines is 1. The van der Waals surface area contributed by atoms with Gasteiger partial charge in [-0.2, -0.15) is 0 Å². The van der Waals surface area contributed by atoms with Crippen LogP contribution in [0.4, 0.5) is 5.69 Å². The van der Waals surface area contributed by atoms with Crippen molar-refractivity contribution in [3.05, 3.63) is 42.3 Å². The highest BCUT2D eigenvalue weighted by Crippen LogP contribution is 2.30. The maximum absolute atomic E-state index is 3.80. The lowest BCUT2D eigenvalue weighted by molar-refractivity contribution is 0.263. The quantitative estimate of drug-likeness (QED) is 0.785. The fourth-order valence-electron chi connectivity index (χ4n) is 2.74. The van der Waals surface area contributed by atoms with Crippen molar-refractivity contribution in [1.82, 2.24) is 4.90 Å². The van der Waals surface area contributed by atoms with Crippen LogP contribution in [0.25, 0.3) is 10.1 Å². The molecule has 2 heterocycles. The van der Waals surface area contributed by atoms with E-state index in [1.54, 1.807) is 0 Å². The molecular formula is C16H20N2S. The highest BCUT2D eigenvalue weighted by Gasteiger charge is 2.18. The van der Waals surface area contributed by atoms with Gasteiger partial charge < -0.3 is 4.90 Å². The Morgan fingerprint density at radius 1 is 1.16 bits per heavy atom. The molecule has 1 aromatic carbocycles. The molecule has 0 saturated carbocycles. The maximum atomic E-state index is 3.80. The number of hydrogen-bond donors (Lipinski definition) is 0. The van der Waals surface area contributed by atoms with Gasteiger partial charge in [0.2, 0.25) is 0 Å². The Morgan fingerprint density at radius 2 is 2.00 bits per heavy atom. The van der Waals surface area contributed by atoms with E-state index < -0.39 is 0 Å². The van der Waals surface area contributed by atoms with Crippen molar-refractivity contribution in [2.24, 2.45) is 0 Å². The van der Waals surface area contributed by atoms with E-state index in [1.807, 2.05) is 17.4 Å². The van der Waals surface area contributed by atoms with E-state index in [4.69, 9.17) is 0 Å². The monoisotopic (exact) mass is 272 g/mol. The van der Waals surface area contributed by atoms with Gasteiger partial charge in [-0.1, -0.05) is 12.1 Å². The van der Waals surface area contributed by atoms with Crippen molar-refractivity contribution in [1.29, 1.82) is 0 Å². The Labute approximate surface area is 118 Å². The molecule has 1 aliphatic rings. The Bertz CT molecular complexity index is 553. The van der Waals surface area contributed by atoms with Crippen molar-refractivity contribution in [3.63, 3.8) is 0 Å². The zero-order chi connectivity index (χ0) is 13.1. The Morgan fingerprint density at radius 3 is 2.79 bits per heavy atom. The van der Waals surface area contributed by atoms with Gasteiger partial charge in [0.05, 0.1) is 0 Å². The first-order valence-corrected chi connectivity index (χ1v) is 7.81. The van der Waals surface area contributed by atoms with E-state index in [0.717, 1.165) is 39.1 Å². The van der Waals surface area contributed by atoms with E-state index in [2.05, 4.69) is 46.0 Å². The molecule has 19 heavy (non-hydrogen) atoms. The summed E-state index contributed by atoms with van der Waals surface area (Å²) in [5.74, 6) is 0. The molecule has 0 spiro atoms. The van der Waals surface area contributed by atoms with Crippen molar-refractivity contribution in [2.75, 3.05) is 37.6 Å². The van der Waals surface area contributed by atoms with Crippen LogP contribution < -0.4 is 4.90 Å². The van der Waals surface area contributed by atoms with Gasteiger partial charge in [0.25, 0.3) is 0 Å². The van der Waals surface area contributed by atoms with Crippen LogP contribution >= 0.6 is 11.3 Å². The molecule has 2 nitrogen and oxygen atoms in total. The number of thiophene rings is 1. The standard InChI is InChI=1S/C16H20N2S/c1-2-3-8-17-9-11-18(12-10-17)15-5-4-6-16-14(15)7-13-19-16/h2,4-7,13H,1,3,8-12H2. The first kappa shape index (κ1) is 12.7. The normalized spacial score (nSPS) is 16.9. The number of piperazine rings is 1. The van der Waals surface area contributed by atoms with Gasteiger partial charge in [0.15, 0.2) is 0 Å². The second-order valence-electron chi connectivity index (χ2n) is 5.02. The molecule has 100 valence electrons. The number of hydrogen-bond acceptors (Lipinski definition) is 3. The maximum Gasteiger partial charge on any atom is 0.0455 e. The molecule has 2 aromatic rings. The largest absolute Gasteiger partial charge is 0.368 e. The van der Waals surface area contributed by atoms with Crippen molar-refractivity contribution in [2.45, 2.75) is 6.42 Å². The Balaban J connectivity index is 1.71. The van der Waals surface area contributed by atoms with Crippen molar-refractivity contribution >= 4 is 27.1 Å². The molecular weight excluding hydrogens is 252 g/mol. The minimum Gasteiger partial charge on any atom is -0.368 e. The molecule has 1 aromatic heterocycles. The van der Waals surface area contributed by atoms with Crippen molar-refractivity contribution in [3.8, 4) is 0 Å². The SMILES string of the molecule is C=CCCN1CCN(c2cccc3sccc23)CC1. The summed E-state index contributed by atoms with van der Waals surface area (Å²) in [6.07, 6.45) is 3.11. The van der Waals surface area contributed by atoms with E-state index in [-0.39, 0.29) is 0 Å². The third-order valence-electron chi connectivity index (χ3n) is 3.84. The van der Waals surface area contributed by atoms with Crippen LogP contribution in [-0.2, 0) is 0 Å². The van der Waals surface area contributed by atoms with Gasteiger partial charge >= 0.3 is 0 Å². The molecule has 0 N–H and O–H groups in total. The van der Waals surface area contributed by atoms with Crippen LogP contribution in [0.3, 0.4) is 0 Å². The zero-order valence-corrected chi connectivity index (χ0v) is 12.0. The lowest BCUT2D eigenvalue weighted by Gasteiger charge is -2.36. The van der Waals surface area contributed by atoms with Crippen LogP contribution in [0, 0.1) is 0 Å².